The van der Waals surface area contributed by atoms with E-state index < -0.39 is 26.5 Å². The number of rotatable bonds is 24. The predicted molar refractivity (Wildman–Crippen MR) is 150 cm³/mol. The van der Waals surface area contributed by atoms with Crippen LogP contribution in [0, 0.1) is 0 Å². The number of nitrogens with zero attached hydrogens (tertiary/aromatic N) is 1. The van der Waals surface area contributed by atoms with E-state index in [9.17, 15) is 19.4 Å². The third-order valence-electron chi connectivity index (χ3n) is 5.40. The van der Waals surface area contributed by atoms with Crippen molar-refractivity contribution in [2.45, 2.75) is 90.1 Å². The Bertz CT molecular complexity index is 701. The minimum atomic E-state index is -4.25. The second-order valence-electron chi connectivity index (χ2n) is 10.3. The van der Waals surface area contributed by atoms with Gasteiger partial charge < -0.3 is 19.2 Å². The van der Waals surface area contributed by atoms with Crippen LogP contribution < -0.4 is 0 Å². The van der Waals surface area contributed by atoms with Gasteiger partial charge in [-0.2, -0.15) is 0 Å². The molecule has 0 amide bonds. The van der Waals surface area contributed by atoms with Crippen LogP contribution in [0.2, 0.25) is 0 Å². The predicted octanol–water partition coefficient (Wildman–Crippen LogP) is 6.10. The molecule has 2 atom stereocenters. The third-order valence-corrected chi connectivity index (χ3v) is 6.39. The molecule has 2 N–H and O–H groups in total. The van der Waals surface area contributed by atoms with Gasteiger partial charge in [-0.3, -0.25) is 13.8 Å². The van der Waals surface area contributed by atoms with Crippen LogP contribution in [-0.4, -0.2) is 74.1 Å². The number of aliphatic hydroxyl groups excluding tert-OH is 1. The van der Waals surface area contributed by atoms with Crippen molar-refractivity contribution in [3.8, 4) is 0 Å². The Morgan fingerprint density at radius 3 is 2.00 bits per heavy atom. The Hall–Kier alpha value is -1.28. The molecule has 0 spiro atoms. The zero-order valence-electron chi connectivity index (χ0n) is 23.7. The van der Waals surface area contributed by atoms with Crippen LogP contribution in [0.25, 0.3) is 0 Å². The number of phosphoric acid groups is 1. The van der Waals surface area contributed by atoms with Crippen molar-refractivity contribution in [1.29, 1.82) is 0 Å². The summed E-state index contributed by atoms with van der Waals surface area (Å²) in [6.45, 7) is 2.06. The van der Waals surface area contributed by atoms with E-state index in [1.54, 1.807) is 0 Å². The lowest BCUT2D eigenvalue weighted by atomic mass is 10.1. The number of carbonyl (C=O) groups is 1. The highest BCUT2D eigenvalue weighted by Crippen LogP contribution is 2.43. The Morgan fingerprint density at radius 2 is 1.41 bits per heavy atom. The molecule has 9 heteroatoms. The van der Waals surface area contributed by atoms with Crippen molar-refractivity contribution < 1.29 is 37.6 Å². The van der Waals surface area contributed by atoms with E-state index in [0.717, 1.165) is 44.9 Å². The molecule has 0 bridgehead atoms. The molecule has 0 radical (unpaired) electrons. The van der Waals surface area contributed by atoms with Crippen molar-refractivity contribution in [3.63, 3.8) is 0 Å². The number of aliphatic hydroxyl groups is 1. The van der Waals surface area contributed by atoms with Gasteiger partial charge in [0.2, 0.25) is 0 Å². The van der Waals surface area contributed by atoms with Gasteiger partial charge in [0.05, 0.1) is 27.7 Å². The first kappa shape index (κ1) is 35.7. The van der Waals surface area contributed by atoms with Gasteiger partial charge in [-0.25, -0.2) is 4.57 Å². The summed E-state index contributed by atoms with van der Waals surface area (Å²) < 4.78 is 27.0. The molecular weight excluding hydrogens is 493 g/mol. The molecule has 0 rings (SSSR count). The molecule has 0 heterocycles. The lowest BCUT2D eigenvalue weighted by Crippen LogP contribution is -2.37. The molecule has 216 valence electrons. The SMILES string of the molecule is CCCCC/C=C/C/C=C/C/C=C/CCCCCCC(=O)OCC(O)COP(=O)(O)OCC[N+](C)(C)C. The fraction of sp³-hybridized carbons (Fsp3) is 0.750. The van der Waals surface area contributed by atoms with E-state index in [0.29, 0.717) is 11.0 Å². The molecule has 8 nitrogen and oxygen atoms in total. The van der Waals surface area contributed by atoms with E-state index >= 15 is 0 Å². The van der Waals surface area contributed by atoms with E-state index in [-0.39, 0.29) is 19.6 Å². The smallest absolute Gasteiger partial charge is 0.463 e. The monoisotopic (exact) mass is 546 g/mol. The van der Waals surface area contributed by atoms with E-state index in [1.165, 1.54) is 25.7 Å². The van der Waals surface area contributed by atoms with E-state index in [1.807, 2.05) is 21.1 Å². The summed E-state index contributed by atoms with van der Waals surface area (Å²) in [6, 6.07) is 0. The lowest BCUT2D eigenvalue weighted by Gasteiger charge is -2.24. The van der Waals surface area contributed by atoms with Crippen molar-refractivity contribution in [3.05, 3.63) is 36.5 Å². The lowest BCUT2D eigenvalue weighted by molar-refractivity contribution is -0.870. The first-order valence-corrected chi connectivity index (χ1v) is 15.3. The first-order valence-electron chi connectivity index (χ1n) is 13.8. The Morgan fingerprint density at radius 1 is 0.838 bits per heavy atom. The topological polar surface area (TPSA) is 102 Å². The minimum absolute atomic E-state index is 0.0490. The number of ether oxygens (including phenoxy) is 1. The number of phosphoric ester groups is 1. The second kappa shape index (κ2) is 22.7. The molecule has 0 aromatic rings. The van der Waals surface area contributed by atoms with Crippen molar-refractivity contribution in [2.24, 2.45) is 0 Å². The van der Waals surface area contributed by atoms with Crippen LogP contribution in [0.1, 0.15) is 84.0 Å². The Kier molecular flexibility index (Phi) is 21.9. The number of hydrogen-bond donors (Lipinski definition) is 2. The number of likely N-dealkylation sites (N-methyl/N-ethyl adjacent to an activating group) is 1. The van der Waals surface area contributed by atoms with Crippen LogP contribution >= 0.6 is 7.82 Å². The summed E-state index contributed by atoms with van der Waals surface area (Å²) in [5.41, 5.74) is 0. The van der Waals surface area contributed by atoms with Crippen LogP contribution in [0.5, 0.6) is 0 Å². The van der Waals surface area contributed by atoms with Crippen molar-refractivity contribution >= 4 is 13.8 Å². The van der Waals surface area contributed by atoms with Gasteiger partial charge in [0.15, 0.2) is 0 Å². The molecule has 0 aromatic heterocycles. The standard InChI is InChI=1S/C28H52NO7P/c1-5-6-7-8-9-10-11-12-13-14-15-16-17-18-19-20-21-22-28(31)34-25-27(30)26-36-37(32,33)35-24-23-29(2,3)4/h9-10,12-13,15-16,27,30H,5-8,11,14,17-26H2,1-4H3/p+1/b10-9+,13-12+,16-15+. The van der Waals surface area contributed by atoms with Crippen LogP contribution in [0.3, 0.4) is 0 Å². The summed E-state index contributed by atoms with van der Waals surface area (Å²) in [7, 11) is 1.54. The zero-order chi connectivity index (χ0) is 27.8. The minimum Gasteiger partial charge on any atom is -0.463 e. The van der Waals surface area contributed by atoms with Gasteiger partial charge >= 0.3 is 13.8 Å². The van der Waals surface area contributed by atoms with Crippen LogP contribution in [0.15, 0.2) is 36.5 Å². The molecule has 0 aliphatic rings. The quantitative estimate of drug-likeness (QED) is 0.0496. The summed E-state index contributed by atoms with van der Waals surface area (Å²) in [4.78, 5) is 21.4. The van der Waals surface area contributed by atoms with Gasteiger partial charge in [0.25, 0.3) is 0 Å². The molecule has 0 aliphatic heterocycles. The molecule has 0 fully saturated rings. The number of carbonyl (C=O) groups excluding carboxylic acids is 1. The zero-order valence-corrected chi connectivity index (χ0v) is 24.6. The summed E-state index contributed by atoms with van der Waals surface area (Å²) in [5, 5.41) is 9.83. The van der Waals surface area contributed by atoms with Crippen molar-refractivity contribution in [2.75, 3.05) is 47.5 Å². The fourth-order valence-corrected chi connectivity index (χ4v) is 3.88. The summed E-state index contributed by atoms with van der Waals surface area (Å²) in [5.74, 6) is -0.395. The highest BCUT2D eigenvalue weighted by molar-refractivity contribution is 7.47. The van der Waals surface area contributed by atoms with Crippen molar-refractivity contribution in [1.82, 2.24) is 0 Å². The molecule has 0 saturated heterocycles. The largest absolute Gasteiger partial charge is 0.472 e. The molecule has 0 saturated carbocycles. The Labute approximate surface area is 225 Å². The first-order chi connectivity index (χ1) is 17.6. The maximum Gasteiger partial charge on any atom is 0.472 e. The summed E-state index contributed by atoms with van der Waals surface area (Å²) >= 11 is 0. The van der Waals surface area contributed by atoms with E-state index in [4.69, 9.17) is 13.8 Å². The molecule has 37 heavy (non-hydrogen) atoms. The normalized spacial score (nSPS) is 15.1. The molecular formula is C28H53NO7P+. The van der Waals surface area contributed by atoms with Gasteiger partial charge in [0, 0.05) is 6.42 Å². The number of hydrogen-bond acceptors (Lipinski definition) is 6. The van der Waals surface area contributed by atoms with Gasteiger partial charge in [0.1, 0.15) is 25.9 Å². The highest BCUT2D eigenvalue weighted by Gasteiger charge is 2.24. The fourth-order valence-electron chi connectivity index (χ4n) is 3.13. The second-order valence-corrected chi connectivity index (χ2v) is 11.7. The molecule has 2 unspecified atom stereocenters. The Balaban J connectivity index is 3.66. The van der Waals surface area contributed by atoms with Gasteiger partial charge in [-0.1, -0.05) is 69.1 Å². The number of unbranched alkanes of at least 4 members (excludes halogenated alkanes) is 7. The molecule has 0 aliphatic carbocycles. The number of quaternary nitrogens is 1. The average Bonchev–Trinajstić information content (AvgIpc) is 2.82. The van der Waals surface area contributed by atoms with Crippen LogP contribution in [-0.2, 0) is 23.1 Å². The average molecular weight is 547 g/mol. The van der Waals surface area contributed by atoms with E-state index in [2.05, 4.69) is 43.4 Å². The number of esters is 1. The van der Waals surface area contributed by atoms with Gasteiger partial charge in [-0.05, 0) is 44.9 Å². The molecule has 0 aromatic carbocycles. The summed E-state index contributed by atoms with van der Waals surface area (Å²) in [6.07, 6.45) is 24.3. The third kappa shape index (κ3) is 27.6. The maximum atomic E-state index is 11.8. The number of allylic oxidation sites excluding steroid dienone is 6. The van der Waals surface area contributed by atoms with Crippen LogP contribution in [0.4, 0.5) is 0 Å². The van der Waals surface area contributed by atoms with Gasteiger partial charge in [-0.15, -0.1) is 0 Å². The maximum absolute atomic E-state index is 11.8. The highest BCUT2D eigenvalue weighted by atomic mass is 31.2.